The highest BCUT2D eigenvalue weighted by atomic mass is 16.6. The number of nitro groups is 1. The van der Waals surface area contributed by atoms with Gasteiger partial charge in [0, 0.05) is 30.0 Å². The van der Waals surface area contributed by atoms with E-state index in [9.17, 15) is 20.0 Å². The summed E-state index contributed by atoms with van der Waals surface area (Å²) in [6.45, 7) is 3.73. The maximum Gasteiger partial charge on any atom is 0.311 e. The Morgan fingerprint density at radius 1 is 1.35 bits per heavy atom. The maximum atomic E-state index is 11.8. The minimum absolute atomic E-state index is 0.0556. The normalized spacial score (nSPS) is 10.8. The van der Waals surface area contributed by atoms with Gasteiger partial charge in [-0.3, -0.25) is 19.9 Å². The number of aryl methyl sites for hydroxylation is 1. The summed E-state index contributed by atoms with van der Waals surface area (Å²) in [6, 6.07) is 9.86. The van der Waals surface area contributed by atoms with Gasteiger partial charge in [-0.2, -0.15) is 0 Å². The number of hydrogen-bond donors (Lipinski definition) is 2. The van der Waals surface area contributed by atoms with E-state index < -0.39 is 10.7 Å². The van der Waals surface area contributed by atoms with Gasteiger partial charge in [-0.1, -0.05) is 19.4 Å². The molecule has 2 N–H and O–H groups in total. The third-order valence-corrected chi connectivity index (χ3v) is 3.70. The number of aliphatic imine (C=N–C) groups is 1. The van der Waals surface area contributed by atoms with Gasteiger partial charge in [-0.05, 0) is 43.2 Å². The quantitative estimate of drug-likeness (QED) is 0.434. The molecule has 26 heavy (non-hydrogen) atoms. The second kappa shape index (κ2) is 8.75. The molecule has 0 saturated heterocycles. The average Bonchev–Trinajstić information content (AvgIpc) is 2.60. The van der Waals surface area contributed by atoms with Gasteiger partial charge in [0.2, 0.25) is 11.7 Å². The van der Waals surface area contributed by atoms with Crippen molar-refractivity contribution in [2.24, 2.45) is 4.99 Å². The zero-order valence-corrected chi connectivity index (χ0v) is 14.7. The van der Waals surface area contributed by atoms with Gasteiger partial charge in [-0.15, -0.1) is 0 Å². The second-order valence-electron chi connectivity index (χ2n) is 5.94. The molecule has 0 unspecified atom stereocenters. The van der Waals surface area contributed by atoms with Crippen molar-refractivity contribution in [3.63, 3.8) is 0 Å². The summed E-state index contributed by atoms with van der Waals surface area (Å²) in [5.41, 5.74) is 1.73. The van der Waals surface area contributed by atoms with Gasteiger partial charge < -0.3 is 10.4 Å². The molecule has 0 radical (unpaired) electrons. The number of benzene rings is 2. The number of phenolic OH excluding ortho intramolecular Hbond substituents is 1. The number of hydrogen-bond acceptors (Lipinski definition) is 5. The van der Waals surface area contributed by atoms with Crippen molar-refractivity contribution in [1.29, 1.82) is 0 Å². The van der Waals surface area contributed by atoms with Crippen LogP contribution in [-0.2, 0) is 4.79 Å². The largest absolute Gasteiger partial charge is 0.502 e. The topological polar surface area (TPSA) is 105 Å². The Hall–Kier alpha value is -3.22. The number of nitrogens with one attached hydrogen (secondary N) is 1. The van der Waals surface area contributed by atoms with Gasteiger partial charge in [-0.25, -0.2) is 0 Å². The van der Waals surface area contributed by atoms with Gasteiger partial charge in [0.1, 0.15) is 0 Å². The summed E-state index contributed by atoms with van der Waals surface area (Å²) >= 11 is 0. The van der Waals surface area contributed by atoms with Crippen LogP contribution >= 0.6 is 0 Å². The Kier molecular flexibility index (Phi) is 6.43. The van der Waals surface area contributed by atoms with E-state index in [1.165, 1.54) is 12.3 Å². The number of unbranched alkanes of at least 4 members (excludes halogenated alkanes) is 1. The molecule has 2 rings (SSSR count). The van der Waals surface area contributed by atoms with Crippen molar-refractivity contribution in [3.8, 4) is 5.75 Å². The van der Waals surface area contributed by atoms with Crippen molar-refractivity contribution in [2.75, 3.05) is 5.32 Å². The van der Waals surface area contributed by atoms with E-state index in [2.05, 4.69) is 10.3 Å². The van der Waals surface area contributed by atoms with E-state index >= 15 is 0 Å². The molecular weight excluding hydrogens is 334 g/mol. The summed E-state index contributed by atoms with van der Waals surface area (Å²) in [7, 11) is 0. The second-order valence-corrected chi connectivity index (χ2v) is 5.94. The molecule has 7 nitrogen and oxygen atoms in total. The molecule has 0 aliphatic rings. The fraction of sp³-hybridized carbons (Fsp3) is 0.263. The van der Waals surface area contributed by atoms with Gasteiger partial charge in [0.15, 0.2) is 0 Å². The highest BCUT2D eigenvalue weighted by Crippen LogP contribution is 2.30. The minimum Gasteiger partial charge on any atom is -0.502 e. The summed E-state index contributed by atoms with van der Waals surface area (Å²) in [6.07, 6.45) is 3.61. The van der Waals surface area contributed by atoms with Crippen LogP contribution in [0.15, 0.2) is 41.4 Å². The predicted octanol–water partition coefficient (Wildman–Crippen LogP) is 4.49. The Balaban J connectivity index is 2.20. The molecule has 0 aromatic heterocycles. The lowest BCUT2D eigenvalue weighted by Gasteiger charge is -2.05. The standard InChI is InChI=1S/C19H21N3O4/c1-3-4-8-18(23)21-16-7-5-6-15(11-16)20-12-14-9-13(2)10-17(19(14)24)22(25)26/h5-7,9-12,24H,3-4,8H2,1-2H3,(H,21,23). The molecule has 0 saturated carbocycles. The van der Waals surface area contributed by atoms with Crippen molar-refractivity contribution in [1.82, 2.24) is 0 Å². The summed E-state index contributed by atoms with van der Waals surface area (Å²) in [5, 5.41) is 23.8. The number of carbonyl (C=O) groups excluding carboxylic acids is 1. The first-order valence-electron chi connectivity index (χ1n) is 8.32. The Morgan fingerprint density at radius 3 is 2.81 bits per heavy atom. The molecule has 0 aliphatic carbocycles. The number of nitro benzene ring substituents is 1. The van der Waals surface area contributed by atoms with E-state index in [1.807, 2.05) is 6.92 Å². The Morgan fingerprint density at radius 2 is 2.12 bits per heavy atom. The van der Waals surface area contributed by atoms with E-state index in [1.54, 1.807) is 37.3 Å². The van der Waals surface area contributed by atoms with Crippen LogP contribution in [0.2, 0.25) is 0 Å². The van der Waals surface area contributed by atoms with E-state index in [0.29, 0.717) is 23.4 Å². The molecule has 0 heterocycles. The fourth-order valence-electron chi connectivity index (χ4n) is 2.39. The van der Waals surface area contributed by atoms with Crippen LogP contribution in [0.25, 0.3) is 0 Å². The number of phenols is 1. The van der Waals surface area contributed by atoms with Crippen LogP contribution < -0.4 is 5.32 Å². The molecule has 1 amide bonds. The van der Waals surface area contributed by atoms with Crippen LogP contribution in [0.5, 0.6) is 5.75 Å². The first-order valence-corrected chi connectivity index (χ1v) is 8.32. The van der Waals surface area contributed by atoms with Crippen molar-refractivity contribution >= 4 is 29.2 Å². The number of amides is 1. The van der Waals surface area contributed by atoms with Crippen molar-refractivity contribution in [3.05, 3.63) is 57.6 Å². The summed E-state index contributed by atoms with van der Waals surface area (Å²) in [5.74, 6) is -0.478. The van der Waals surface area contributed by atoms with Crippen LogP contribution in [0.4, 0.5) is 17.1 Å². The van der Waals surface area contributed by atoms with E-state index in [0.717, 1.165) is 12.8 Å². The van der Waals surface area contributed by atoms with Gasteiger partial charge in [0.25, 0.3) is 0 Å². The highest BCUT2D eigenvalue weighted by Gasteiger charge is 2.16. The van der Waals surface area contributed by atoms with Gasteiger partial charge in [0.05, 0.1) is 10.6 Å². The number of anilines is 1. The van der Waals surface area contributed by atoms with Crippen molar-refractivity contribution < 1.29 is 14.8 Å². The van der Waals surface area contributed by atoms with Crippen LogP contribution in [0, 0.1) is 17.0 Å². The molecular formula is C19H21N3O4. The zero-order chi connectivity index (χ0) is 19.1. The highest BCUT2D eigenvalue weighted by molar-refractivity contribution is 5.91. The molecule has 0 spiro atoms. The molecule has 7 heteroatoms. The number of nitrogens with zero attached hydrogens (tertiary/aromatic N) is 2. The molecule has 0 aliphatic heterocycles. The van der Waals surface area contributed by atoms with Crippen molar-refractivity contribution in [2.45, 2.75) is 33.1 Å². The average molecular weight is 355 g/mol. The zero-order valence-electron chi connectivity index (χ0n) is 14.7. The maximum absolute atomic E-state index is 11.8. The monoisotopic (exact) mass is 355 g/mol. The summed E-state index contributed by atoms with van der Waals surface area (Å²) in [4.78, 5) is 26.4. The van der Waals surface area contributed by atoms with E-state index in [4.69, 9.17) is 0 Å². The minimum atomic E-state index is -0.633. The summed E-state index contributed by atoms with van der Waals surface area (Å²) < 4.78 is 0. The first kappa shape index (κ1) is 19.1. The van der Waals surface area contributed by atoms with Gasteiger partial charge >= 0.3 is 5.69 Å². The van der Waals surface area contributed by atoms with Crippen LogP contribution in [-0.4, -0.2) is 22.2 Å². The number of carbonyl (C=O) groups is 1. The fourth-order valence-corrected chi connectivity index (χ4v) is 2.39. The molecule has 2 aromatic carbocycles. The molecule has 0 fully saturated rings. The molecule has 136 valence electrons. The Labute approximate surface area is 151 Å². The predicted molar refractivity (Wildman–Crippen MR) is 101 cm³/mol. The van der Waals surface area contributed by atoms with Crippen LogP contribution in [0.1, 0.15) is 37.3 Å². The third kappa shape index (κ3) is 5.14. The number of aromatic hydroxyl groups is 1. The third-order valence-electron chi connectivity index (χ3n) is 3.70. The Bertz CT molecular complexity index is 847. The smallest absolute Gasteiger partial charge is 0.311 e. The molecule has 0 bridgehead atoms. The SMILES string of the molecule is CCCCC(=O)Nc1cccc(N=Cc2cc(C)cc([N+](=O)[O-])c2O)c1. The number of rotatable bonds is 7. The molecule has 0 atom stereocenters. The molecule has 2 aromatic rings. The lowest BCUT2D eigenvalue weighted by Crippen LogP contribution is -2.10. The van der Waals surface area contributed by atoms with E-state index in [-0.39, 0.29) is 17.2 Å². The van der Waals surface area contributed by atoms with Crippen LogP contribution in [0.3, 0.4) is 0 Å². The first-order chi connectivity index (χ1) is 12.4. The lowest BCUT2D eigenvalue weighted by atomic mass is 10.1. The lowest BCUT2D eigenvalue weighted by molar-refractivity contribution is -0.385.